The minimum Gasteiger partial charge on any atom is -0.480 e. The third-order valence-electron chi connectivity index (χ3n) is 6.35. The van der Waals surface area contributed by atoms with E-state index in [0.29, 0.717) is 6.42 Å². The highest BCUT2D eigenvalue weighted by Crippen LogP contribution is 2.39. The van der Waals surface area contributed by atoms with Crippen molar-refractivity contribution in [2.45, 2.75) is 116 Å². The Labute approximate surface area is 207 Å². The molecule has 0 aliphatic heterocycles. The van der Waals surface area contributed by atoms with Crippen LogP contribution < -0.4 is 5.32 Å². The monoisotopic (exact) mass is 493 g/mol. The fraction of sp³-hybridized carbons (Fsp3) is 0.704. The van der Waals surface area contributed by atoms with E-state index in [0.717, 1.165) is 6.42 Å². The first-order valence-corrected chi connectivity index (χ1v) is 15.2. The van der Waals surface area contributed by atoms with Crippen LogP contribution in [0.1, 0.15) is 80.2 Å². The van der Waals surface area contributed by atoms with E-state index < -0.39 is 31.5 Å². The van der Waals surface area contributed by atoms with Gasteiger partial charge in [-0.25, -0.2) is 9.59 Å². The lowest BCUT2D eigenvalue weighted by molar-refractivity contribution is -0.147. The number of carbonyl (C=O) groups is 2. The Hall–Kier alpha value is -1.86. The molecule has 0 aliphatic carbocycles. The zero-order valence-electron chi connectivity index (χ0n) is 23.0. The summed E-state index contributed by atoms with van der Waals surface area (Å²) >= 11 is 0. The van der Waals surface area contributed by atoms with Gasteiger partial charge in [0.15, 0.2) is 8.32 Å². The van der Waals surface area contributed by atoms with Crippen LogP contribution in [-0.4, -0.2) is 42.7 Å². The number of benzene rings is 1. The van der Waals surface area contributed by atoms with Gasteiger partial charge in [0.05, 0.1) is 0 Å². The Morgan fingerprint density at radius 3 is 2.00 bits per heavy atom. The highest BCUT2D eigenvalue weighted by molar-refractivity contribution is 6.74. The van der Waals surface area contributed by atoms with Gasteiger partial charge in [-0.15, -0.1) is 0 Å². The normalized spacial score (nSPS) is 15.5. The van der Waals surface area contributed by atoms with Crippen molar-refractivity contribution in [3.63, 3.8) is 0 Å². The number of hydrogen-bond donors (Lipinski definition) is 2. The molecule has 0 aromatic heterocycles. The number of carboxylic acids is 1. The van der Waals surface area contributed by atoms with Crippen molar-refractivity contribution in [1.82, 2.24) is 5.32 Å². The van der Waals surface area contributed by atoms with Gasteiger partial charge in [-0.05, 0) is 69.6 Å². The van der Waals surface area contributed by atoms with Crippen molar-refractivity contribution < 1.29 is 23.9 Å². The number of carboxylic acid groups (broad SMARTS) is 1. The van der Waals surface area contributed by atoms with Gasteiger partial charge in [-0.3, -0.25) is 0 Å². The number of ether oxygens (including phenoxy) is 1. The first-order chi connectivity index (χ1) is 15.4. The van der Waals surface area contributed by atoms with Gasteiger partial charge in [0.2, 0.25) is 0 Å². The van der Waals surface area contributed by atoms with E-state index in [9.17, 15) is 14.7 Å². The molecule has 0 bridgehead atoms. The van der Waals surface area contributed by atoms with Crippen molar-refractivity contribution in [3.8, 4) is 0 Å². The maximum Gasteiger partial charge on any atom is 0.408 e. The molecule has 0 spiro atoms. The maximum absolute atomic E-state index is 12.7. The molecule has 34 heavy (non-hydrogen) atoms. The van der Waals surface area contributed by atoms with Crippen molar-refractivity contribution in [1.29, 1.82) is 0 Å². The topological polar surface area (TPSA) is 84.9 Å². The first-order valence-electron chi connectivity index (χ1n) is 12.3. The number of nitrogens with one attached hydrogen (secondary N) is 1. The Bertz CT molecular complexity index is 795. The zero-order valence-corrected chi connectivity index (χ0v) is 24.0. The lowest BCUT2D eigenvalue weighted by Gasteiger charge is -2.42. The summed E-state index contributed by atoms with van der Waals surface area (Å²) in [6, 6.07) is 10.1. The van der Waals surface area contributed by atoms with E-state index in [1.54, 1.807) is 20.8 Å². The molecule has 6 nitrogen and oxygen atoms in total. The number of amides is 1. The molecule has 1 aromatic carbocycles. The molecule has 0 unspecified atom stereocenters. The highest BCUT2D eigenvalue weighted by atomic mass is 28.4. The second-order valence-electron chi connectivity index (χ2n) is 12.3. The van der Waals surface area contributed by atoms with E-state index >= 15 is 0 Å². The lowest BCUT2D eigenvalue weighted by atomic mass is 9.82. The quantitative estimate of drug-likeness (QED) is 0.331. The fourth-order valence-corrected chi connectivity index (χ4v) is 5.15. The molecular weight excluding hydrogens is 446 g/mol. The third kappa shape index (κ3) is 9.78. The minimum absolute atomic E-state index is 0.0273. The largest absolute Gasteiger partial charge is 0.480 e. The van der Waals surface area contributed by atoms with Gasteiger partial charge in [-0.1, -0.05) is 65.0 Å². The average Bonchev–Trinajstić information content (AvgIpc) is 2.63. The molecule has 0 radical (unpaired) electrons. The number of rotatable bonds is 11. The molecule has 0 saturated carbocycles. The highest BCUT2D eigenvalue weighted by Gasteiger charge is 2.46. The molecule has 2 N–H and O–H groups in total. The number of hydrogen-bond acceptors (Lipinski definition) is 4. The van der Waals surface area contributed by atoms with Crippen LogP contribution in [0.5, 0.6) is 0 Å². The summed E-state index contributed by atoms with van der Waals surface area (Å²) in [5, 5.41) is 13.1. The van der Waals surface area contributed by atoms with Crippen LogP contribution in [0.4, 0.5) is 4.79 Å². The Morgan fingerprint density at radius 1 is 1.00 bits per heavy atom. The predicted octanol–water partition coefficient (Wildman–Crippen LogP) is 6.79. The number of aliphatic carboxylic acids is 1. The van der Waals surface area contributed by atoms with Crippen LogP contribution in [0.3, 0.4) is 0 Å². The summed E-state index contributed by atoms with van der Waals surface area (Å²) in [4.78, 5) is 25.5. The molecule has 1 amide bonds. The first kappa shape index (κ1) is 30.2. The summed E-state index contributed by atoms with van der Waals surface area (Å²) in [5.41, 5.74) is -1.03. The Morgan fingerprint density at radius 2 is 1.56 bits per heavy atom. The molecule has 0 aliphatic rings. The van der Waals surface area contributed by atoms with Crippen molar-refractivity contribution in [2.75, 3.05) is 0 Å². The Balaban J connectivity index is 3.32. The predicted molar refractivity (Wildman–Crippen MR) is 141 cm³/mol. The summed E-state index contributed by atoms with van der Waals surface area (Å²) in [6.07, 6.45) is 0.850. The van der Waals surface area contributed by atoms with Crippen LogP contribution in [0, 0.1) is 5.92 Å². The van der Waals surface area contributed by atoms with Crippen LogP contribution in [-0.2, 0) is 20.4 Å². The standard InChI is InChI=1S/C27H47NO5Si/c1-20(2)18-27(23(29)30,28-24(31)32-25(3,4)5)19-22(33-34(9,10)26(6,7)8)17-16-21-14-12-11-13-15-21/h11-15,20,22H,16-19H2,1-10H3,(H,28,31)(H,29,30)/t22-,27+/m0/s1. The molecular formula is C27H47NO5Si. The van der Waals surface area contributed by atoms with Gasteiger partial charge >= 0.3 is 12.1 Å². The van der Waals surface area contributed by atoms with Gasteiger partial charge < -0.3 is 19.6 Å². The van der Waals surface area contributed by atoms with Crippen molar-refractivity contribution >= 4 is 20.4 Å². The third-order valence-corrected chi connectivity index (χ3v) is 10.9. The molecule has 194 valence electrons. The number of carbonyl (C=O) groups excluding carboxylic acids is 1. The Kier molecular flexibility index (Phi) is 10.4. The second kappa shape index (κ2) is 11.7. The minimum atomic E-state index is -2.20. The summed E-state index contributed by atoms with van der Waals surface area (Å²) in [5.74, 6) is -1.01. The van der Waals surface area contributed by atoms with Crippen LogP contribution >= 0.6 is 0 Å². The van der Waals surface area contributed by atoms with Gasteiger partial charge in [0, 0.05) is 12.5 Å². The summed E-state index contributed by atoms with van der Waals surface area (Å²) < 4.78 is 12.2. The van der Waals surface area contributed by atoms with Crippen LogP contribution in [0.15, 0.2) is 30.3 Å². The second-order valence-corrected chi connectivity index (χ2v) is 17.1. The SMILES string of the molecule is CC(C)C[C@](C[C@H](CCc1ccccc1)O[Si](C)(C)C(C)(C)C)(NC(=O)OC(C)(C)C)C(=O)O. The molecule has 7 heteroatoms. The lowest BCUT2D eigenvalue weighted by Crippen LogP contribution is -2.59. The van der Waals surface area contributed by atoms with Crippen molar-refractivity contribution in [2.24, 2.45) is 5.92 Å². The van der Waals surface area contributed by atoms with Gasteiger partial charge in [0.1, 0.15) is 11.1 Å². The number of alkyl carbamates (subject to hydrolysis) is 1. The molecule has 1 rings (SSSR count). The average molecular weight is 494 g/mol. The van der Waals surface area contributed by atoms with E-state index in [1.165, 1.54) is 5.56 Å². The molecule has 1 aromatic rings. The van der Waals surface area contributed by atoms with Crippen molar-refractivity contribution in [3.05, 3.63) is 35.9 Å². The maximum atomic E-state index is 12.7. The smallest absolute Gasteiger partial charge is 0.408 e. The molecule has 2 atom stereocenters. The van der Waals surface area contributed by atoms with Gasteiger partial charge in [-0.2, -0.15) is 0 Å². The van der Waals surface area contributed by atoms with E-state index in [4.69, 9.17) is 9.16 Å². The summed E-state index contributed by atoms with van der Waals surface area (Å²) in [7, 11) is -2.20. The van der Waals surface area contributed by atoms with E-state index in [-0.39, 0.29) is 29.9 Å². The molecule has 0 heterocycles. The van der Waals surface area contributed by atoms with Crippen LogP contribution in [0.2, 0.25) is 18.1 Å². The van der Waals surface area contributed by atoms with Gasteiger partial charge in [0.25, 0.3) is 0 Å². The fourth-order valence-electron chi connectivity index (χ4n) is 3.77. The molecule has 0 saturated heterocycles. The number of aryl methyl sites for hydroxylation is 1. The molecule has 0 fully saturated rings. The van der Waals surface area contributed by atoms with E-state index in [1.807, 2.05) is 32.0 Å². The summed E-state index contributed by atoms with van der Waals surface area (Å²) in [6.45, 7) is 20.1. The van der Waals surface area contributed by atoms with E-state index in [2.05, 4.69) is 51.3 Å². The van der Waals surface area contributed by atoms with Crippen LogP contribution in [0.25, 0.3) is 0 Å². The zero-order chi connectivity index (χ0) is 26.4.